The molecule has 0 N–H and O–H groups in total. The van der Waals surface area contributed by atoms with Crippen molar-refractivity contribution in [2.75, 3.05) is 0 Å². The Hall–Kier alpha value is -6.65. The van der Waals surface area contributed by atoms with Gasteiger partial charge in [-0.1, -0.05) is 170 Å². The van der Waals surface area contributed by atoms with Crippen molar-refractivity contribution in [2.45, 2.75) is 0 Å². The van der Waals surface area contributed by atoms with E-state index in [1.165, 1.54) is 0 Å². The van der Waals surface area contributed by atoms with E-state index in [0.717, 1.165) is 60.9 Å². The van der Waals surface area contributed by atoms with E-state index in [-0.39, 0.29) is 29.7 Å². The first-order chi connectivity index (χ1) is 26.4. The van der Waals surface area contributed by atoms with E-state index in [2.05, 4.69) is 24.3 Å². The van der Waals surface area contributed by atoms with Gasteiger partial charge in [-0.2, -0.15) is 0 Å². The van der Waals surface area contributed by atoms with E-state index < -0.39 is 6.04 Å². The van der Waals surface area contributed by atoms with Gasteiger partial charge in [0.25, 0.3) is 0 Å². The Morgan fingerprint density at radius 3 is 1.51 bits per heavy atom. The summed E-state index contributed by atoms with van der Waals surface area (Å²) in [5, 5.41) is 1.88. The van der Waals surface area contributed by atoms with Crippen molar-refractivity contribution >= 4 is 21.9 Å². The molecule has 0 fully saturated rings. The molecule has 4 heteroatoms. The molecule has 0 spiro atoms. The van der Waals surface area contributed by atoms with E-state index in [9.17, 15) is 0 Å². The first kappa shape index (κ1) is 23.6. The van der Waals surface area contributed by atoms with Gasteiger partial charge in [0.2, 0.25) is 0 Å². The molecule has 7 aromatic carbocycles. The topological polar surface area (TPSA) is 51.8 Å². The van der Waals surface area contributed by atoms with Gasteiger partial charge in [0.05, 0.1) is 6.85 Å². The molecule has 9 aromatic rings. The average molecular weight is 633 g/mol. The third-order valence-electron chi connectivity index (χ3n) is 8.67. The van der Waals surface area contributed by atoms with Crippen LogP contribution in [0.1, 0.15) is 6.85 Å². The van der Waals surface area contributed by atoms with Crippen molar-refractivity contribution in [3.63, 3.8) is 0 Å². The molecule has 0 bridgehead atoms. The van der Waals surface area contributed by atoms with Gasteiger partial charge in [-0.05, 0) is 33.9 Å². The fourth-order valence-electron chi connectivity index (χ4n) is 6.26. The van der Waals surface area contributed by atoms with Crippen LogP contribution in [0.4, 0.5) is 0 Å². The van der Waals surface area contributed by atoms with E-state index in [0.29, 0.717) is 23.0 Å². The molecule has 0 radical (unpaired) electrons. The normalized spacial score (nSPS) is 12.7. The summed E-state index contributed by atoms with van der Waals surface area (Å²) >= 11 is 0. The maximum absolute atomic E-state index is 8.34. The number of hydrogen-bond donors (Lipinski definition) is 0. The van der Waals surface area contributed by atoms with Crippen LogP contribution in [-0.4, -0.2) is 15.0 Å². The van der Waals surface area contributed by atoms with Crippen molar-refractivity contribution in [1.29, 1.82) is 0 Å². The first-order valence-corrected chi connectivity index (χ1v) is 16.0. The zero-order chi connectivity index (χ0) is 36.9. The van der Waals surface area contributed by atoms with E-state index in [4.69, 9.17) is 26.2 Å². The highest BCUT2D eigenvalue weighted by Crippen LogP contribution is 2.40. The third-order valence-corrected chi connectivity index (χ3v) is 8.67. The van der Waals surface area contributed by atoms with Crippen LogP contribution < -0.4 is 0 Å². The monoisotopic (exact) mass is 632 g/mol. The van der Waals surface area contributed by atoms with E-state index in [1.807, 2.05) is 109 Å². The second-order valence-corrected chi connectivity index (χ2v) is 11.7. The Labute approximate surface area is 291 Å². The molecule has 0 aliphatic carbocycles. The molecule has 9 rings (SSSR count). The average Bonchev–Trinajstić information content (AvgIpc) is 3.62. The third kappa shape index (κ3) is 5.35. The molecule has 0 aliphatic heterocycles. The highest BCUT2D eigenvalue weighted by molar-refractivity contribution is 6.15. The molecule has 0 amide bonds. The van der Waals surface area contributed by atoms with Crippen molar-refractivity contribution in [1.82, 2.24) is 15.0 Å². The van der Waals surface area contributed by atoms with Crippen LogP contribution in [0.15, 0.2) is 180 Å². The number of aromatic nitrogens is 3. The maximum Gasteiger partial charge on any atom is 0.164 e. The van der Waals surface area contributed by atoms with Crippen molar-refractivity contribution in [3.05, 3.63) is 176 Å². The molecule has 4 nitrogen and oxygen atoms in total. The predicted octanol–water partition coefficient (Wildman–Crippen LogP) is 11.8. The fourth-order valence-corrected chi connectivity index (χ4v) is 6.26. The van der Waals surface area contributed by atoms with Gasteiger partial charge in [-0.3, -0.25) is 0 Å². The second kappa shape index (κ2) is 12.2. The van der Waals surface area contributed by atoms with Crippen molar-refractivity contribution < 1.29 is 11.3 Å². The summed E-state index contributed by atoms with van der Waals surface area (Å²) in [7, 11) is 0. The Bertz CT molecular complexity index is 2770. The van der Waals surface area contributed by atoms with Crippen LogP contribution in [0, 0.1) is 0 Å². The number of benzene rings is 7. The van der Waals surface area contributed by atoms with Gasteiger partial charge in [0.1, 0.15) is 11.2 Å². The summed E-state index contributed by atoms with van der Waals surface area (Å²) in [5.74, 6) is 1.74. The van der Waals surface area contributed by atoms with Crippen LogP contribution in [0.25, 0.3) is 89.5 Å². The quantitative estimate of drug-likeness (QED) is 0.183. The van der Waals surface area contributed by atoms with Gasteiger partial charge in [-0.25, -0.2) is 15.0 Å². The molecular weight excluding hydrogens is 599 g/mol. The summed E-state index contributed by atoms with van der Waals surface area (Å²) in [6.07, 6.45) is 0. The second-order valence-electron chi connectivity index (χ2n) is 11.7. The number of hydrogen-bond acceptors (Lipinski definition) is 4. The molecule has 230 valence electrons. The number of fused-ring (bicyclic) bond motifs is 3. The number of furan rings is 1. The molecule has 0 aliphatic rings. The lowest BCUT2D eigenvalue weighted by molar-refractivity contribution is 0.670. The lowest BCUT2D eigenvalue weighted by atomic mass is 9.97. The SMILES string of the molecule is [2H]c1c([2H])c([2H])c(-c2ccc(-c3ccc(-c4cccc5c4oc4cccc(-c6nc(-c7ccccc7)nc(-c7ccccc7)n6)c45)cc3)cc2)c([2H])c1[2H]. The van der Waals surface area contributed by atoms with Gasteiger partial charge < -0.3 is 4.42 Å². The van der Waals surface area contributed by atoms with Gasteiger partial charge in [-0.15, -0.1) is 0 Å². The van der Waals surface area contributed by atoms with E-state index in [1.54, 1.807) is 12.1 Å². The fraction of sp³-hybridized carbons (Fsp3) is 0. The van der Waals surface area contributed by atoms with Gasteiger partial charge in [0, 0.05) is 33.0 Å². The summed E-state index contributed by atoms with van der Waals surface area (Å²) in [5.41, 5.74) is 8.74. The Balaban J connectivity index is 1.10. The number of rotatable bonds is 6. The minimum atomic E-state index is -0.401. The highest BCUT2D eigenvalue weighted by atomic mass is 16.3. The Morgan fingerprint density at radius 2 is 0.898 bits per heavy atom. The first-order valence-electron chi connectivity index (χ1n) is 18.5. The van der Waals surface area contributed by atoms with Crippen molar-refractivity contribution in [3.8, 4) is 67.5 Å². The standard InChI is InChI=1S/C45H29N3O/c1-4-12-30(13-5-1)31-22-24-32(25-23-31)33-26-28-34(29-27-33)37-18-10-19-38-41-39(20-11-21-40(41)49-42(37)38)45-47-43(35-14-6-2-7-15-35)46-44(48-45)36-16-8-3-9-17-36/h1-29H/i1D,4D,5D,12D,13D. The summed E-state index contributed by atoms with van der Waals surface area (Å²) < 4.78 is 47.3. The van der Waals surface area contributed by atoms with Crippen LogP contribution in [-0.2, 0) is 0 Å². The molecule has 0 atom stereocenters. The molecule has 2 heterocycles. The van der Waals surface area contributed by atoms with Crippen LogP contribution in [0.5, 0.6) is 0 Å². The minimum Gasteiger partial charge on any atom is -0.455 e. The smallest absolute Gasteiger partial charge is 0.164 e. The Kier molecular flexibility index (Phi) is 5.87. The molecule has 0 unspecified atom stereocenters. The van der Waals surface area contributed by atoms with Crippen molar-refractivity contribution in [2.24, 2.45) is 0 Å². The van der Waals surface area contributed by atoms with Crippen LogP contribution in [0.3, 0.4) is 0 Å². The molecular formula is C45H29N3O. The number of nitrogens with zero attached hydrogens (tertiary/aromatic N) is 3. The lowest BCUT2D eigenvalue weighted by Gasteiger charge is -2.09. The Morgan fingerprint density at radius 1 is 0.388 bits per heavy atom. The highest BCUT2D eigenvalue weighted by Gasteiger charge is 2.19. The molecule has 0 saturated carbocycles. The largest absolute Gasteiger partial charge is 0.455 e. The molecule has 0 saturated heterocycles. The molecule has 49 heavy (non-hydrogen) atoms. The predicted molar refractivity (Wildman–Crippen MR) is 200 cm³/mol. The van der Waals surface area contributed by atoms with Gasteiger partial charge >= 0.3 is 0 Å². The summed E-state index contributed by atoms with van der Waals surface area (Å²) in [6.45, 7) is 0. The summed E-state index contributed by atoms with van der Waals surface area (Å²) in [4.78, 5) is 14.8. The summed E-state index contributed by atoms with van der Waals surface area (Å²) in [6, 6.07) is 46.0. The zero-order valence-corrected chi connectivity index (χ0v) is 26.1. The van der Waals surface area contributed by atoms with Crippen LogP contribution in [0.2, 0.25) is 0 Å². The maximum atomic E-state index is 8.34. The molecule has 2 aromatic heterocycles. The lowest BCUT2D eigenvalue weighted by Crippen LogP contribution is -2.00. The minimum absolute atomic E-state index is 0.189. The van der Waals surface area contributed by atoms with Crippen LogP contribution >= 0.6 is 0 Å². The van der Waals surface area contributed by atoms with E-state index >= 15 is 0 Å². The number of para-hydroxylation sites is 1. The van der Waals surface area contributed by atoms with Gasteiger partial charge in [0.15, 0.2) is 17.5 Å². The zero-order valence-electron chi connectivity index (χ0n) is 31.1.